The first-order chi connectivity index (χ1) is 17.5. The van der Waals surface area contributed by atoms with Gasteiger partial charge < -0.3 is 19.0 Å². The van der Waals surface area contributed by atoms with Gasteiger partial charge in [0.05, 0.1) is 25.5 Å². The minimum Gasteiger partial charge on any atom is -0.467 e. The van der Waals surface area contributed by atoms with E-state index in [2.05, 4.69) is 6.92 Å². The van der Waals surface area contributed by atoms with E-state index in [0.717, 1.165) is 37.7 Å². The normalized spacial score (nSPS) is 15.2. The van der Waals surface area contributed by atoms with Crippen LogP contribution < -0.4 is 0 Å². The van der Waals surface area contributed by atoms with Crippen molar-refractivity contribution >= 4 is 11.8 Å². The Kier molecular flexibility index (Phi) is 12.0. The number of hydrogen-bond acceptors (Lipinski definition) is 4. The lowest BCUT2D eigenvalue weighted by atomic mass is 10.1. The Balaban J connectivity index is 1.61. The predicted molar refractivity (Wildman–Crippen MR) is 138 cm³/mol. The second-order valence-electron chi connectivity index (χ2n) is 9.74. The standard InChI is InChI=1S/C29H41FN2O4/c1-2-3-4-5-6-7-8-13-28(33)32(22-27-12-10-19-36-27)23-29(34)31(21-26-11-9-18-35-26)20-24-14-16-25(30)17-15-24/h9,11,14-18,27H,2-8,10,12-13,19-23H2,1H3. The molecule has 2 aromatic rings. The number of furan rings is 1. The van der Waals surface area contributed by atoms with E-state index in [-0.39, 0.29) is 36.8 Å². The molecule has 1 aromatic heterocycles. The highest BCUT2D eigenvalue weighted by molar-refractivity contribution is 5.85. The van der Waals surface area contributed by atoms with Crippen molar-refractivity contribution in [1.29, 1.82) is 0 Å². The number of amides is 2. The monoisotopic (exact) mass is 500 g/mol. The Morgan fingerprint density at radius 1 is 0.944 bits per heavy atom. The van der Waals surface area contributed by atoms with Crippen LogP contribution in [0.3, 0.4) is 0 Å². The lowest BCUT2D eigenvalue weighted by Gasteiger charge is -2.29. The summed E-state index contributed by atoms with van der Waals surface area (Å²) < 4.78 is 24.7. The summed E-state index contributed by atoms with van der Waals surface area (Å²) in [5, 5.41) is 0. The molecule has 0 aliphatic carbocycles. The predicted octanol–water partition coefficient (Wildman–Crippen LogP) is 6.10. The van der Waals surface area contributed by atoms with Gasteiger partial charge in [-0.15, -0.1) is 0 Å². The SMILES string of the molecule is CCCCCCCCCC(=O)N(CC(=O)N(Cc1ccc(F)cc1)Cc1ccco1)CC1CCCO1. The summed E-state index contributed by atoms with van der Waals surface area (Å²) in [5.74, 6) is 0.181. The fourth-order valence-electron chi connectivity index (χ4n) is 4.58. The maximum atomic E-state index is 13.5. The van der Waals surface area contributed by atoms with Crippen LogP contribution in [0.4, 0.5) is 4.39 Å². The van der Waals surface area contributed by atoms with Crippen molar-refractivity contribution in [3.63, 3.8) is 0 Å². The van der Waals surface area contributed by atoms with Gasteiger partial charge in [-0.25, -0.2) is 4.39 Å². The molecule has 0 N–H and O–H groups in total. The highest BCUT2D eigenvalue weighted by Gasteiger charge is 2.26. The van der Waals surface area contributed by atoms with Crippen molar-refractivity contribution in [3.05, 3.63) is 59.8 Å². The van der Waals surface area contributed by atoms with Gasteiger partial charge in [-0.1, -0.05) is 57.6 Å². The number of hydrogen-bond donors (Lipinski definition) is 0. The third kappa shape index (κ3) is 9.76. The van der Waals surface area contributed by atoms with Crippen molar-refractivity contribution in [2.45, 2.75) is 90.3 Å². The number of carbonyl (C=O) groups is 2. The highest BCUT2D eigenvalue weighted by Crippen LogP contribution is 2.17. The Labute approximate surface area is 214 Å². The van der Waals surface area contributed by atoms with E-state index >= 15 is 0 Å². The summed E-state index contributed by atoms with van der Waals surface area (Å²) in [6, 6.07) is 9.73. The maximum Gasteiger partial charge on any atom is 0.242 e. The summed E-state index contributed by atoms with van der Waals surface area (Å²) in [7, 11) is 0. The van der Waals surface area contributed by atoms with Gasteiger partial charge in [0.15, 0.2) is 0 Å². The largest absolute Gasteiger partial charge is 0.467 e. The Morgan fingerprint density at radius 2 is 1.69 bits per heavy atom. The number of nitrogens with zero attached hydrogens (tertiary/aromatic N) is 2. The number of ether oxygens (including phenoxy) is 1. The molecule has 36 heavy (non-hydrogen) atoms. The minimum atomic E-state index is -0.318. The molecule has 0 spiro atoms. The molecular formula is C29H41FN2O4. The van der Waals surface area contributed by atoms with Gasteiger partial charge in [0, 0.05) is 26.1 Å². The molecule has 1 atom stereocenters. The molecule has 198 valence electrons. The molecule has 1 fully saturated rings. The molecule has 0 radical (unpaired) electrons. The van der Waals surface area contributed by atoms with Crippen LogP contribution in [-0.2, 0) is 27.4 Å². The van der Waals surface area contributed by atoms with E-state index in [1.165, 1.54) is 37.8 Å². The number of rotatable bonds is 16. The summed E-state index contributed by atoms with van der Waals surface area (Å²) in [6.07, 6.45) is 11.9. The average Bonchev–Trinajstić information content (AvgIpc) is 3.58. The van der Waals surface area contributed by atoms with Crippen LogP contribution in [0.1, 0.15) is 82.5 Å². The molecule has 1 aliphatic rings. The minimum absolute atomic E-state index is 0.00288. The van der Waals surface area contributed by atoms with E-state index in [1.807, 2.05) is 6.07 Å². The third-order valence-electron chi connectivity index (χ3n) is 6.69. The molecule has 6 nitrogen and oxygen atoms in total. The number of carbonyl (C=O) groups excluding carboxylic acids is 2. The van der Waals surface area contributed by atoms with Crippen molar-refractivity contribution in [2.24, 2.45) is 0 Å². The van der Waals surface area contributed by atoms with Crippen LogP contribution in [0.2, 0.25) is 0 Å². The third-order valence-corrected chi connectivity index (χ3v) is 6.69. The van der Waals surface area contributed by atoms with Crippen molar-refractivity contribution in [3.8, 4) is 0 Å². The van der Waals surface area contributed by atoms with Crippen LogP contribution >= 0.6 is 0 Å². The molecule has 1 aromatic carbocycles. The zero-order chi connectivity index (χ0) is 25.6. The van der Waals surface area contributed by atoms with Crippen LogP contribution in [0.25, 0.3) is 0 Å². The van der Waals surface area contributed by atoms with Gasteiger partial charge in [-0.05, 0) is 49.1 Å². The zero-order valence-corrected chi connectivity index (χ0v) is 21.6. The van der Waals surface area contributed by atoms with E-state index in [4.69, 9.17) is 9.15 Å². The molecule has 1 aliphatic heterocycles. The van der Waals surface area contributed by atoms with Crippen LogP contribution in [-0.4, -0.2) is 47.4 Å². The second-order valence-corrected chi connectivity index (χ2v) is 9.74. The summed E-state index contributed by atoms with van der Waals surface area (Å²) >= 11 is 0. The van der Waals surface area contributed by atoms with Gasteiger partial charge in [0.1, 0.15) is 11.6 Å². The Morgan fingerprint density at radius 3 is 2.36 bits per heavy atom. The lowest BCUT2D eigenvalue weighted by molar-refractivity contribution is -0.142. The number of benzene rings is 1. The van der Waals surface area contributed by atoms with Crippen LogP contribution in [0, 0.1) is 5.82 Å². The first-order valence-electron chi connectivity index (χ1n) is 13.5. The van der Waals surface area contributed by atoms with Gasteiger partial charge in [0.25, 0.3) is 0 Å². The molecular weight excluding hydrogens is 459 g/mol. The van der Waals surface area contributed by atoms with Crippen molar-refractivity contribution in [2.75, 3.05) is 19.7 Å². The topological polar surface area (TPSA) is 63.0 Å². The van der Waals surface area contributed by atoms with Crippen molar-refractivity contribution < 1.29 is 23.1 Å². The van der Waals surface area contributed by atoms with Crippen LogP contribution in [0.15, 0.2) is 47.1 Å². The average molecular weight is 501 g/mol. The Hall–Kier alpha value is -2.67. The Bertz CT molecular complexity index is 895. The van der Waals surface area contributed by atoms with Crippen LogP contribution in [0.5, 0.6) is 0 Å². The van der Waals surface area contributed by atoms with E-state index < -0.39 is 0 Å². The first kappa shape index (κ1) is 27.9. The first-order valence-corrected chi connectivity index (χ1v) is 13.5. The second kappa shape index (κ2) is 15.4. The van der Waals surface area contributed by atoms with Crippen molar-refractivity contribution in [1.82, 2.24) is 9.80 Å². The molecule has 7 heteroatoms. The molecule has 2 heterocycles. The van der Waals surface area contributed by atoms with E-state index in [1.54, 1.807) is 34.3 Å². The zero-order valence-electron chi connectivity index (χ0n) is 21.6. The summed E-state index contributed by atoms with van der Waals surface area (Å²) in [5.41, 5.74) is 0.816. The fraction of sp³-hybridized carbons (Fsp3) is 0.586. The molecule has 0 saturated carbocycles. The number of halogens is 1. The van der Waals surface area contributed by atoms with Gasteiger partial charge in [-0.2, -0.15) is 0 Å². The number of unbranched alkanes of at least 4 members (excludes halogenated alkanes) is 6. The fourth-order valence-corrected chi connectivity index (χ4v) is 4.58. The summed E-state index contributed by atoms with van der Waals surface area (Å²) in [4.78, 5) is 30.0. The van der Waals surface area contributed by atoms with Gasteiger partial charge in [0.2, 0.25) is 11.8 Å². The smallest absolute Gasteiger partial charge is 0.242 e. The molecule has 0 bridgehead atoms. The van der Waals surface area contributed by atoms with Gasteiger partial charge in [-0.3, -0.25) is 9.59 Å². The highest BCUT2D eigenvalue weighted by atomic mass is 19.1. The molecule has 3 rings (SSSR count). The van der Waals surface area contributed by atoms with E-state index in [0.29, 0.717) is 31.9 Å². The van der Waals surface area contributed by atoms with E-state index in [9.17, 15) is 14.0 Å². The summed E-state index contributed by atoms with van der Waals surface area (Å²) in [6.45, 7) is 3.93. The quantitative estimate of drug-likeness (QED) is 0.262. The lowest BCUT2D eigenvalue weighted by Crippen LogP contribution is -2.45. The maximum absolute atomic E-state index is 13.5. The molecule has 1 unspecified atom stereocenters. The molecule has 1 saturated heterocycles. The van der Waals surface area contributed by atoms with Gasteiger partial charge >= 0.3 is 0 Å². The molecule has 2 amide bonds.